The Morgan fingerprint density at radius 3 is 2.67 bits per heavy atom. The van der Waals surface area contributed by atoms with E-state index in [1.54, 1.807) is 6.92 Å². The molecule has 0 aliphatic heterocycles. The van der Waals surface area contributed by atoms with Gasteiger partial charge in [-0.2, -0.15) is 0 Å². The summed E-state index contributed by atoms with van der Waals surface area (Å²) in [5.74, 6) is 0.254. The molecule has 0 aromatic rings. The number of carboxylic acid groups (broad SMARTS) is 1. The zero-order valence-electron chi connectivity index (χ0n) is 10.8. The average Bonchev–Trinajstić information content (AvgIpc) is 2.90. The predicted molar refractivity (Wildman–Crippen MR) is 67.2 cm³/mol. The number of carbonyl (C=O) groups excluding carboxylic acids is 1. The summed E-state index contributed by atoms with van der Waals surface area (Å²) in [4.78, 5) is 22.3. The van der Waals surface area contributed by atoms with E-state index in [2.05, 4.69) is 10.6 Å². The molecule has 102 valence electrons. The first-order valence-corrected chi connectivity index (χ1v) is 6.83. The van der Waals surface area contributed by atoms with Gasteiger partial charge in [0.05, 0.1) is 5.92 Å². The maximum Gasteiger partial charge on any atom is 0.315 e. The van der Waals surface area contributed by atoms with Crippen LogP contribution >= 0.6 is 0 Å². The van der Waals surface area contributed by atoms with Crippen LogP contribution in [0.1, 0.15) is 39.0 Å². The Morgan fingerprint density at radius 2 is 2.11 bits per heavy atom. The molecule has 0 heterocycles. The predicted octanol–water partition coefficient (Wildman–Crippen LogP) is 1.58. The van der Waals surface area contributed by atoms with Gasteiger partial charge in [0.1, 0.15) is 0 Å². The lowest BCUT2D eigenvalue weighted by Crippen LogP contribution is -2.44. The minimum Gasteiger partial charge on any atom is -0.481 e. The lowest BCUT2D eigenvalue weighted by Gasteiger charge is -2.23. The van der Waals surface area contributed by atoms with E-state index in [9.17, 15) is 9.59 Å². The average molecular weight is 254 g/mol. The van der Waals surface area contributed by atoms with Gasteiger partial charge in [-0.15, -0.1) is 0 Å². The second kappa shape index (κ2) is 5.59. The number of urea groups is 1. The first-order chi connectivity index (χ1) is 8.56. The molecule has 0 aromatic carbocycles. The van der Waals surface area contributed by atoms with Gasteiger partial charge >= 0.3 is 12.0 Å². The minimum atomic E-state index is -0.815. The molecule has 2 bridgehead atoms. The summed E-state index contributed by atoms with van der Waals surface area (Å²) in [6.07, 6.45) is 5.41. The summed E-state index contributed by atoms with van der Waals surface area (Å²) in [7, 11) is 0. The first kappa shape index (κ1) is 13.2. The number of carbonyl (C=O) groups is 2. The van der Waals surface area contributed by atoms with E-state index in [0.717, 1.165) is 12.3 Å². The van der Waals surface area contributed by atoms with Gasteiger partial charge in [-0.1, -0.05) is 13.3 Å². The number of amides is 2. The van der Waals surface area contributed by atoms with Gasteiger partial charge in [0.15, 0.2) is 0 Å². The molecule has 0 aromatic heterocycles. The second-order valence-electron chi connectivity index (χ2n) is 5.71. The number of rotatable bonds is 5. The molecular formula is C13H22N2O3. The molecule has 0 spiro atoms. The van der Waals surface area contributed by atoms with Crippen molar-refractivity contribution in [3.63, 3.8) is 0 Å². The van der Waals surface area contributed by atoms with Gasteiger partial charge in [-0.3, -0.25) is 4.79 Å². The van der Waals surface area contributed by atoms with Crippen LogP contribution in [0, 0.1) is 17.8 Å². The van der Waals surface area contributed by atoms with Gasteiger partial charge in [0.25, 0.3) is 0 Å². The molecule has 2 aliphatic carbocycles. The fourth-order valence-corrected chi connectivity index (χ4v) is 3.17. The van der Waals surface area contributed by atoms with Crippen LogP contribution in [0.3, 0.4) is 0 Å². The van der Waals surface area contributed by atoms with Crippen molar-refractivity contribution in [2.24, 2.45) is 17.8 Å². The molecule has 0 saturated heterocycles. The van der Waals surface area contributed by atoms with Crippen LogP contribution in [-0.4, -0.2) is 29.7 Å². The van der Waals surface area contributed by atoms with E-state index in [1.807, 2.05) is 0 Å². The molecular weight excluding hydrogens is 232 g/mol. The van der Waals surface area contributed by atoms with Crippen molar-refractivity contribution in [2.75, 3.05) is 6.54 Å². The molecule has 0 radical (unpaired) electrons. The summed E-state index contributed by atoms with van der Waals surface area (Å²) in [5, 5.41) is 14.5. The largest absolute Gasteiger partial charge is 0.481 e. The maximum absolute atomic E-state index is 11.7. The SMILES string of the molecule is CC(CCNC(=O)NC1CC2CCC1C2)C(=O)O. The number of fused-ring (bicyclic) bond motifs is 2. The first-order valence-electron chi connectivity index (χ1n) is 6.83. The number of aliphatic carboxylic acids is 1. The topological polar surface area (TPSA) is 78.4 Å². The van der Waals surface area contributed by atoms with Crippen LogP contribution in [0.4, 0.5) is 4.79 Å². The molecule has 2 fully saturated rings. The second-order valence-corrected chi connectivity index (χ2v) is 5.71. The molecule has 2 rings (SSSR count). The Labute approximate surface area is 107 Å². The summed E-state index contributed by atoms with van der Waals surface area (Å²) < 4.78 is 0. The van der Waals surface area contributed by atoms with Crippen LogP contribution in [0.15, 0.2) is 0 Å². The summed E-state index contributed by atoms with van der Waals surface area (Å²) >= 11 is 0. The van der Waals surface area contributed by atoms with Crippen molar-refractivity contribution in [3.8, 4) is 0 Å². The quantitative estimate of drug-likeness (QED) is 0.697. The van der Waals surface area contributed by atoms with Gasteiger partial charge in [0.2, 0.25) is 0 Å². The molecule has 2 saturated carbocycles. The fraction of sp³-hybridized carbons (Fsp3) is 0.846. The number of hydrogen-bond acceptors (Lipinski definition) is 2. The highest BCUT2D eigenvalue weighted by Crippen LogP contribution is 2.44. The van der Waals surface area contributed by atoms with Crippen molar-refractivity contribution in [2.45, 2.75) is 45.1 Å². The van der Waals surface area contributed by atoms with Gasteiger partial charge < -0.3 is 15.7 Å². The highest BCUT2D eigenvalue weighted by atomic mass is 16.4. The third kappa shape index (κ3) is 3.15. The van der Waals surface area contributed by atoms with Crippen LogP contribution < -0.4 is 10.6 Å². The van der Waals surface area contributed by atoms with E-state index in [0.29, 0.717) is 24.9 Å². The van der Waals surface area contributed by atoms with Crippen LogP contribution in [-0.2, 0) is 4.79 Å². The molecule has 2 amide bonds. The zero-order valence-corrected chi connectivity index (χ0v) is 10.8. The molecule has 5 nitrogen and oxygen atoms in total. The monoisotopic (exact) mass is 254 g/mol. The van der Waals surface area contributed by atoms with E-state index in [-0.39, 0.29) is 6.03 Å². The normalized spacial score (nSPS) is 31.1. The Balaban J connectivity index is 1.62. The van der Waals surface area contributed by atoms with E-state index in [4.69, 9.17) is 5.11 Å². The molecule has 4 unspecified atom stereocenters. The fourth-order valence-electron chi connectivity index (χ4n) is 3.17. The Bertz CT molecular complexity index is 332. The molecule has 4 atom stereocenters. The highest BCUT2D eigenvalue weighted by Gasteiger charge is 2.40. The third-order valence-corrected chi connectivity index (χ3v) is 4.34. The third-order valence-electron chi connectivity index (χ3n) is 4.34. The van der Waals surface area contributed by atoms with E-state index in [1.165, 1.54) is 19.3 Å². The molecule has 5 heteroatoms. The zero-order chi connectivity index (χ0) is 13.1. The number of carboxylic acids is 1. The number of hydrogen-bond donors (Lipinski definition) is 3. The summed E-state index contributed by atoms with van der Waals surface area (Å²) in [6, 6.07) is 0.186. The maximum atomic E-state index is 11.7. The van der Waals surface area contributed by atoms with Crippen molar-refractivity contribution in [3.05, 3.63) is 0 Å². The van der Waals surface area contributed by atoms with Crippen LogP contribution in [0.2, 0.25) is 0 Å². The Morgan fingerprint density at radius 1 is 1.33 bits per heavy atom. The lowest BCUT2D eigenvalue weighted by atomic mass is 9.95. The summed E-state index contributed by atoms with van der Waals surface area (Å²) in [5.41, 5.74) is 0. The highest BCUT2D eigenvalue weighted by molar-refractivity contribution is 5.74. The van der Waals surface area contributed by atoms with E-state index >= 15 is 0 Å². The smallest absolute Gasteiger partial charge is 0.315 e. The van der Waals surface area contributed by atoms with Crippen LogP contribution in [0.5, 0.6) is 0 Å². The summed E-state index contributed by atoms with van der Waals surface area (Å²) in [6.45, 7) is 2.07. The number of nitrogens with one attached hydrogen (secondary N) is 2. The molecule has 2 aliphatic rings. The van der Waals surface area contributed by atoms with Crippen molar-refractivity contribution < 1.29 is 14.7 Å². The van der Waals surface area contributed by atoms with Gasteiger partial charge in [0, 0.05) is 12.6 Å². The van der Waals surface area contributed by atoms with E-state index < -0.39 is 11.9 Å². The van der Waals surface area contributed by atoms with Crippen molar-refractivity contribution in [1.29, 1.82) is 0 Å². The van der Waals surface area contributed by atoms with Crippen molar-refractivity contribution >= 4 is 12.0 Å². The van der Waals surface area contributed by atoms with Crippen molar-refractivity contribution in [1.82, 2.24) is 10.6 Å². The van der Waals surface area contributed by atoms with Gasteiger partial charge in [-0.05, 0) is 37.5 Å². The Hall–Kier alpha value is -1.26. The minimum absolute atomic E-state index is 0.148. The lowest BCUT2D eigenvalue weighted by molar-refractivity contribution is -0.141. The molecule has 3 N–H and O–H groups in total. The molecule has 18 heavy (non-hydrogen) atoms. The van der Waals surface area contributed by atoms with Gasteiger partial charge in [-0.25, -0.2) is 4.79 Å². The Kier molecular flexibility index (Phi) is 4.09. The standard InChI is InChI=1S/C13H22N2O3/c1-8(12(16)17)4-5-14-13(18)15-11-7-9-2-3-10(11)6-9/h8-11H,2-7H2,1H3,(H,16,17)(H2,14,15,18). The van der Waals surface area contributed by atoms with Crippen LogP contribution in [0.25, 0.3) is 0 Å².